The van der Waals surface area contributed by atoms with Crippen molar-refractivity contribution < 1.29 is 0 Å². The monoisotopic (exact) mass is 370 g/mol. The van der Waals surface area contributed by atoms with Gasteiger partial charge in [0.05, 0.1) is 0 Å². The zero-order chi connectivity index (χ0) is 17.0. The molecule has 0 spiro atoms. The average Bonchev–Trinajstić information content (AvgIpc) is 3.21. The van der Waals surface area contributed by atoms with Crippen LogP contribution < -0.4 is 0 Å². The van der Waals surface area contributed by atoms with E-state index < -0.39 is 0 Å². The quantitative estimate of drug-likeness (QED) is 0.343. The predicted octanol–water partition coefficient (Wildman–Crippen LogP) is 7.97. The van der Waals surface area contributed by atoms with Gasteiger partial charge in [-0.15, -0.1) is 34.0 Å². The van der Waals surface area contributed by atoms with E-state index in [-0.39, 0.29) is 0 Å². The highest BCUT2D eigenvalue weighted by atomic mass is 32.1. The van der Waals surface area contributed by atoms with Crippen molar-refractivity contribution in [1.29, 1.82) is 0 Å². The number of benzene rings is 1. The number of hydrogen-bond acceptors (Lipinski definition) is 3. The van der Waals surface area contributed by atoms with Gasteiger partial charge in [0.25, 0.3) is 0 Å². The van der Waals surface area contributed by atoms with Crippen molar-refractivity contribution in [2.24, 2.45) is 5.92 Å². The van der Waals surface area contributed by atoms with E-state index in [1.807, 2.05) is 34.0 Å². The number of hydrogen-bond donors (Lipinski definition) is 0. The number of rotatable bonds is 3. The van der Waals surface area contributed by atoms with Crippen molar-refractivity contribution in [3.63, 3.8) is 0 Å². The molecule has 0 radical (unpaired) electrons. The summed E-state index contributed by atoms with van der Waals surface area (Å²) in [6.45, 7) is 11.4. The Bertz CT molecular complexity index is 986. The van der Waals surface area contributed by atoms with Crippen molar-refractivity contribution in [2.45, 2.75) is 41.0 Å². The van der Waals surface area contributed by atoms with Crippen molar-refractivity contribution in [3.05, 3.63) is 45.1 Å². The minimum Gasteiger partial charge on any atom is -0.144 e. The van der Waals surface area contributed by atoms with E-state index in [0.29, 0.717) is 5.92 Å². The number of thiophene rings is 3. The van der Waals surface area contributed by atoms with Crippen LogP contribution in [0.1, 0.15) is 35.4 Å². The predicted molar refractivity (Wildman–Crippen MR) is 113 cm³/mol. The molecule has 0 nitrogen and oxygen atoms in total. The summed E-state index contributed by atoms with van der Waals surface area (Å²) in [5.74, 6) is 0.695. The van der Waals surface area contributed by atoms with E-state index in [4.69, 9.17) is 0 Å². The zero-order valence-corrected chi connectivity index (χ0v) is 17.3. The topological polar surface area (TPSA) is 0 Å². The Hall–Kier alpha value is -1.16. The average molecular weight is 371 g/mol. The molecule has 3 heterocycles. The molecule has 0 aliphatic heterocycles. The van der Waals surface area contributed by atoms with Gasteiger partial charge in [-0.3, -0.25) is 0 Å². The van der Waals surface area contributed by atoms with Crippen LogP contribution >= 0.6 is 34.0 Å². The second kappa shape index (κ2) is 5.98. The lowest BCUT2D eigenvalue weighted by Crippen LogP contribution is -1.93. The smallest absolute Gasteiger partial charge is 0.0477 e. The van der Waals surface area contributed by atoms with Crippen LogP contribution in [-0.4, -0.2) is 0 Å². The maximum atomic E-state index is 2.44. The van der Waals surface area contributed by atoms with Gasteiger partial charge < -0.3 is 0 Å². The van der Waals surface area contributed by atoms with Crippen LogP contribution in [0.4, 0.5) is 0 Å². The highest BCUT2D eigenvalue weighted by molar-refractivity contribution is 7.26. The summed E-state index contributed by atoms with van der Waals surface area (Å²) in [7, 11) is 0. The zero-order valence-electron chi connectivity index (χ0n) is 14.8. The molecule has 0 aliphatic rings. The molecule has 4 aromatic rings. The van der Waals surface area contributed by atoms with Gasteiger partial charge in [-0.05, 0) is 84.2 Å². The standard InChI is InChI=1S/C21H22S3/c1-11(2)8-15-9-12(3)23-21(15)18-10-17-14(5)19-16(6-7-22-19)13(4)20(17)24-18/h6-7,9-11H,8H2,1-5H3. The van der Waals surface area contributed by atoms with Gasteiger partial charge in [0.1, 0.15) is 0 Å². The molecular formula is C21H22S3. The molecule has 0 atom stereocenters. The molecular weight excluding hydrogens is 348 g/mol. The fraction of sp³-hybridized carbons (Fsp3) is 0.333. The van der Waals surface area contributed by atoms with Gasteiger partial charge in [0.15, 0.2) is 0 Å². The lowest BCUT2D eigenvalue weighted by molar-refractivity contribution is 0.649. The highest BCUT2D eigenvalue weighted by Crippen LogP contribution is 2.45. The Morgan fingerprint density at radius 3 is 2.42 bits per heavy atom. The molecule has 0 saturated carbocycles. The highest BCUT2D eigenvalue weighted by Gasteiger charge is 2.17. The van der Waals surface area contributed by atoms with Gasteiger partial charge in [0.2, 0.25) is 0 Å². The van der Waals surface area contributed by atoms with E-state index >= 15 is 0 Å². The van der Waals surface area contributed by atoms with Crippen LogP contribution in [0.2, 0.25) is 0 Å². The molecule has 3 aromatic heterocycles. The van der Waals surface area contributed by atoms with E-state index in [0.717, 1.165) is 0 Å². The van der Waals surface area contributed by atoms with Crippen molar-refractivity contribution >= 4 is 54.2 Å². The minimum absolute atomic E-state index is 0.695. The Morgan fingerprint density at radius 2 is 1.67 bits per heavy atom. The normalized spacial score (nSPS) is 12.1. The Balaban J connectivity index is 1.96. The summed E-state index contributed by atoms with van der Waals surface area (Å²) in [4.78, 5) is 4.36. The Morgan fingerprint density at radius 1 is 0.917 bits per heavy atom. The summed E-state index contributed by atoms with van der Waals surface area (Å²) in [6.07, 6.45) is 1.17. The first-order valence-electron chi connectivity index (χ1n) is 8.45. The van der Waals surface area contributed by atoms with Gasteiger partial charge in [-0.1, -0.05) is 13.8 Å². The molecule has 24 heavy (non-hydrogen) atoms. The van der Waals surface area contributed by atoms with Gasteiger partial charge in [-0.2, -0.15) is 0 Å². The fourth-order valence-corrected chi connectivity index (χ4v) is 6.95. The minimum atomic E-state index is 0.695. The summed E-state index contributed by atoms with van der Waals surface area (Å²) in [5, 5.41) is 5.10. The molecule has 0 unspecified atom stereocenters. The van der Waals surface area contributed by atoms with Crippen LogP contribution in [0.5, 0.6) is 0 Å². The van der Waals surface area contributed by atoms with E-state index in [9.17, 15) is 0 Å². The van der Waals surface area contributed by atoms with Crippen molar-refractivity contribution in [3.8, 4) is 9.75 Å². The third kappa shape index (κ3) is 2.54. The first kappa shape index (κ1) is 16.3. The molecule has 3 heteroatoms. The van der Waals surface area contributed by atoms with Crippen LogP contribution in [-0.2, 0) is 6.42 Å². The molecule has 4 rings (SSSR count). The van der Waals surface area contributed by atoms with E-state index in [1.54, 1.807) is 0 Å². The largest absolute Gasteiger partial charge is 0.144 e. The second-order valence-corrected chi connectivity index (χ2v) is 10.3. The van der Waals surface area contributed by atoms with Crippen LogP contribution in [0.15, 0.2) is 23.6 Å². The molecule has 0 amide bonds. The number of fused-ring (bicyclic) bond motifs is 2. The van der Waals surface area contributed by atoms with Crippen LogP contribution in [0.25, 0.3) is 29.9 Å². The third-order valence-electron chi connectivity index (χ3n) is 4.67. The van der Waals surface area contributed by atoms with Crippen LogP contribution in [0.3, 0.4) is 0 Å². The molecule has 0 fully saturated rings. The van der Waals surface area contributed by atoms with Crippen molar-refractivity contribution in [1.82, 2.24) is 0 Å². The number of aryl methyl sites for hydroxylation is 3. The first-order chi connectivity index (χ1) is 11.5. The third-order valence-corrected chi connectivity index (χ3v) is 8.23. The lowest BCUT2D eigenvalue weighted by atomic mass is 10.0. The van der Waals surface area contributed by atoms with Gasteiger partial charge in [0, 0.05) is 24.0 Å². The maximum absolute atomic E-state index is 2.44. The lowest BCUT2D eigenvalue weighted by Gasteiger charge is -2.04. The SMILES string of the molecule is Cc1cc(CC(C)C)c(-c2cc3c(C)c4sccc4c(C)c3s2)s1. The van der Waals surface area contributed by atoms with Crippen LogP contribution in [0, 0.1) is 26.7 Å². The molecule has 0 bridgehead atoms. The summed E-state index contributed by atoms with van der Waals surface area (Å²) in [5.41, 5.74) is 4.42. The van der Waals surface area contributed by atoms with Gasteiger partial charge in [-0.25, -0.2) is 0 Å². The molecule has 0 aliphatic carbocycles. The van der Waals surface area contributed by atoms with E-state index in [1.165, 1.54) is 57.9 Å². The van der Waals surface area contributed by atoms with Gasteiger partial charge >= 0.3 is 0 Å². The Kier molecular flexibility index (Phi) is 4.06. The first-order valence-corrected chi connectivity index (χ1v) is 11.0. The molecule has 1 aromatic carbocycles. The maximum Gasteiger partial charge on any atom is 0.0477 e. The summed E-state index contributed by atoms with van der Waals surface area (Å²) < 4.78 is 2.92. The second-order valence-electron chi connectivity index (χ2n) is 7.08. The summed E-state index contributed by atoms with van der Waals surface area (Å²) >= 11 is 5.81. The fourth-order valence-electron chi connectivity index (χ4n) is 3.57. The molecule has 124 valence electrons. The van der Waals surface area contributed by atoms with E-state index in [2.05, 4.69) is 58.2 Å². The Labute approximate surface area is 155 Å². The summed E-state index contributed by atoms with van der Waals surface area (Å²) in [6, 6.07) is 7.11. The molecule has 0 saturated heterocycles. The van der Waals surface area contributed by atoms with Crippen molar-refractivity contribution in [2.75, 3.05) is 0 Å². The molecule has 0 N–H and O–H groups in total.